The number of halogens is 3. The lowest BCUT2D eigenvalue weighted by Gasteiger charge is -2.08. The second-order valence-electron chi connectivity index (χ2n) is 5.16. The zero-order valence-corrected chi connectivity index (χ0v) is 14.1. The van der Waals surface area contributed by atoms with E-state index >= 15 is 0 Å². The molecule has 0 unspecified atom stereocenters. The molecule has 0 spiro atoms. The fourth-order valence-corrected chi connectivity index (χ4v) is 2.08. The first-order chi connectivity index (χ1) is 12.3. The van der Waals surface area contributed by atoms with Crippen molar-refractivity contribution in [1.29, 1.82) is 0 Å². The van der Waals surface area contributed by atoms with Crippen molar-refractivity contribution in [2.24, 2.45) is 0 Å². The smallest absolute Gasteiger partial charge is 0.416 e. The lowest BCUT2D eigenvalue weighted by molar-refractivity contribution is -0.137. The van der Waals surface area contributed by atoms with E-state index in [4.69, 9.17) is 9.47 Å². The number of hydrogen-bond acceptors (Lipinski definition) is 3. The predicted molar refractivity (Wildman–Crippen MR) is 90.2 cm³/mol. The maximum absolute atomic E-state index is 12.6. The van der Waals surface area contributed by atoms with E-state index in [-0.39, 0.29) is 12.1 Å². The molecule has 0 aliphatic heterocycles. The Morgan fingerprint density at radius 1 is 1.08 bits per heavy atom. The van der Waals surface area contributed by atoms with Gasteiger partial charge in [-0.2, -0.15) is 13.2 Å². The van der Waals surface area contributed by atoms with E-state index in [1.165, 1.54) is 38.5 Å². The molecule has 2 aromatic carbocycles. The molecule has 7 heteroatoms. The number of alkyl halides is 3. The molecule has 0 bridgehead atoms. The molecule has 0 saturated carbocycles. The molecule has 0 aromatic heterocycles. The first-order valence-electron chi connectivity index (χ1n) is 7.51. The summed E-state index contributed by atoms with van der Waals surface area (Å²) in [5, 5.41) is 2.57. The second-order valence-corrected chi connectivity index (χ2v) is 5.16. The van der Waals surface area contributed by atoms with Crippen LogP contribution in [0.2, 0.25) is 0 Å². The number of amides is 1. The number of nitrogens with one attached hydrogen (secondary N) is 1. The lowest BCUT2D eigenvalue weighted by Crippen LogP contribution is -2.23. The average Bonchev–Trinajstić information content (AvgIpc) is 2.64. The molecule has 2 aromatic rings. The van der Waals surface area contributed by atoms with E-state index in [0.717, 1.165) is 12.1 Å². The summed E-state index contributed by atoms with van der Waals surface area (Å²) < 4.78 is 48.1. The minimum atomic E-state index is -4.42. The van der Waals surface area contributed by atoms with Crippen LogP contribution in [0.25, 0.3) is 0 Å². The topological polar surface area (TPSA) is 47.6 Å². The van der Waals surface area contributed by atoms with Crippen LogP contribution in [0.15, 0.2) is 42.5 Å². The Hall–Kier alpha value is -3.14. The van der Waals surface area contributed by atoms with Crippen molar-refractivity contribution in [2.75, 3.05) is 20.8 Å². The van der Waals surface area contributed by atoms with Gasteiger partial charge in [-0.3, -0.25) is 4.79 Å². The Morgan fingerprint density at radius 2 is 1.73 bits per heavy atom. The second kappa shape index (κ2) is 8.30. The number of hydrogen-bond donors (Lipinski definition) is 1. The maximum Gasteiger partial charge on any atom is 0.416 e. The van der Waals surface area contributed by atoms with Gasteiger partial charge in [-0.1, -0.05) is 17.9 Å². The first kappa shape index (κ1) is 19.2. The molecule has 0 radical (unpaired) electrons. The van der Waals surface area contributed by atoms with Gasteiger partial charge in [-0.05, 0) is 30.3 Å². The predicted octanol–water partition coefficient (Wildman–Crippen LogP) is 3.50. The lowest BCUT2D eigenvalue weighted by atomic mass is 10.1. The Bertz CT molecular complexity index is 829. The minimum absolute atomic E-state index is 0.0192. The third kappa shape index (κ3) is 5.18. The number of ether oxygens (including phenoxy) is 2. The molecule has 0 aliphatic carbocycles. The van der Waals surface area contributed by atoms with Crippen LogP contribution in [0.1, 0.15) is 21.5 Å². The normalized spacial score (nSPS) is 10.5. The third-order valence-electron chi connectivity index (χ3n) is 3.37. The SMILES string of the molecule is COc1cc(OC)cc(C(=O)NCC#Cc2cccc(C(F)(F)F)c2)c1. The van der Waals surface area contributed by atoms with Gasteiger partial charge in [0.2, 0.25) is 0 Å². The van der Waals surface area contributed by atoms with Crippen LogP contribution in [0.5, 0.6) is 11.5 Å². The van der Waals surface area contributed by atoms with Crippen LogP contribution in [-0.2, 0) is 6.18 Å². The Balaban J connectivity index is 2.03. The monoisotopic (exact) mass is 363 g/mol. The number of rotatable bonds is 4. The molecule has 26 heavy (non-hydrogen) atoms. The zero-order chi connectivity index (χ0) is 19.2. The highest BCUT2D eigenvalue weighted by Crippen LogP contribution is 2.29. The van der Waals surface area contributed by atoms with E-state index in [1.807, 2.05) is 0 Å². The van der Waals surface area contributed by atoms with Crippen molar-refractivity contribution in [3.05, 3.63) is 59.2 Å². The largest absolute Gasteiger partial charge is 0.497 e. The van der Waals surface area contributed by atoms with E-state index in [9.17, 15) is 18.0 Å². The van der Waals surface area contributed by atoms with E-state index in [2.05, 4.69) is 17.2 Å². The Kier molecular flexibility index (Phi) is 6.12. The molecular weight excluding hydrogens is 347 g/mol. The van der Waals surface area contributed by atoms with E-state index in [0.29, 0.717) is 17.1 Å². The molecule has 1 amide bonds. The summed E-state index contributed by atoms with van der Waals surface area (Å²) in [7, 11) is 2.94. The van der Waals surface area contributed by atoms with Crippen LogP contribution in [0, 0.1) is 11.8 Å². The van der Waals surface area contributed by atoms with Crippen LogP contribution in [0.4, 0.5) is 13.2 Å². The van der Waals surface area contributed by atoms with Crippen LogP contribution in [-0.4, -0.2) is 26.7 Å². The summed E-state index contributed by atoms with van der Waals surface area (Å²) in [6.07, 6.45) is -4.42. The highest BCUT2D eigenvalue weighted by atomic mass is 19.4. The van der Waals surface area contributed by atoms with Gasteiger partial charge in [0, 0.05) is 17.2 Å². The molecule has 0 atom stereocenters. The molecule has 0 aliphatic rings. The summed E-state index contributed by atoms with van der Waals surface area (Å²) in [6, 6.07) is 9.40. The van der Waals surface area contributed by atoms with Gasteiger partial charge < -0.3 is 14.8 Å². The molecule has 0 heterocycles. The van der Waals surface area contributed by atoms with Crippen molar-refractivity contribution in [1.82, 2.24) is 5.32 Å². The molecule has 0 fully saturated rings. The number of methoxy groups -OCH3 is 2. The van der Waals surface area contributed by atoms with Crippen molar-refractivity contribution >= 4 is 5.91 Å². The standard InChI is InChI=1S/C19H16F3NO3/c1-25-16-10-14(11-17(12-16)26-2)18(24)23-8-4-6-13-5-3-7-15(9-13)19(20,21)22/h3,5,7,9-12H,8H2,1-2H3,(H,23,24). The average molecular weight is 363 g/mol. The maximum atomic E-state index is 12.6. The fraction of sp³-hybridized carbons (Fsp3) is 0.211. The van der Waals surface area contributed by atoms with Crippen molar-refractivity contribution in [3.8, 4) is 23.3 Å². The molecule has 1 N–H and O–H groups in total. The van der Waals surface area contributed by atoms with Crippen LogP contribution >= 0.6 is 0 Å². The van der Waals surface area contributed by atoms with Gasteiger partial charge >= 0.3 is 6.18 Å². The van der Waals surface area contributed by atoms with Crippen molar-refractivity contribution < 1.29 is 27.4 Å². The zero-order valence-electron chi connectivity index (χ0n) is 14.1. The van der Waals surface area contributed by atoms with Gasteiger partial charge in [-0.25, -0.2) is 0 Å². The summed E-state index contributed by atoms with van der Waals surface area (Å²) in [5.74, 6) is 5.74. The highest BCUT2D eigenvalue weighted by Gasteiger charge is 2.30. The van der Waals surface area contributed by atoms with Gasteiger partial charge in [0.25, 0.3) is 5.91 Å². The van der Waals surface area contributed by atoms with Crippen LogP contribution in [0.3, 0.4) is 0 Å². The van der Waals surface area contributed by atoms with Gasteiger partial charge in [0.05, 0.1) is 26.3 Å². The molecule has 0 saturated heterocycles. The summed E-state index contributed by atoms with van der Waals surface area (Å²) in [6.45, 7) is -0.0192. The van der Waals surface area contributed by atoms with Gasteiger partial charge in [0.1, 0.15) is 11.5 Å². The van der Waals surface area contributed by atoms with Crippen LogP contribution < -0.4 is 14.8 Å². The third-order valence-corrected chi connectivity index (χ3v) is 3.37. The van der Waals surface area contributed by atoms with Gasteiger partial charge in [0.15, 0.2) is 0 Å². The number of carbonyl (C=O) groups excluding carboxylic acids is 1. The number of benzene rings is 2. The van der Waals surface area contributed by atoms with Crippen molar-refractivity contribution in [2.45, 2.75) is 6.18 Å². The summed E-state index contributed by atoms with van der Waals surface area (Å²) in [4.78, 5) is 12.1. The van der Waals surface area contributed by atoms with E-state index in [1.54, 1.807) is 6.07 Å². The highest BCUT2D eigenvalue weighted by molar-refractivity contribution is 5.95. The van der Waals surface area contributed by atoms with Gasteiger partial charge in [-0.15, -0.1) is 0 Å². The quantitative estimate of drug-likeness (QED) is 0.846. The Morgan fingerprint density at radius 3 is 2.31 bits per heavy atom. The summed E-state index contributed by atoms with van der Waals surface area (Å²) >= 11 is 0. The summed E-state index contributed by atoms with van der Waals surface area (Å²) in [5.41, 5.74) is -0.226. The molecule has 4 nitrogen and oxygen atoms in total. The molecule has 2 rings (SSSR count). The number of carbonyl (C=O) groups is 1. The minimum Gasteiger partial charge on any atom is -0.497 e. The fourth-order valence-electron chi connectivity index (χ4n) is 2.08. The first-order valence-corrected chi connectivity index (χ1v) is 7.51. The Labute approximate surface area is 148 Å². The van der Waals surface area contributed by atoms with Crippen molar-refractivity contribution in [3.63, 3.8) is 0 Å². The molecular formula is C19H16F3NO3. The van der Waals surface area contributed by atoms with E-state index < -0.39 is 17.6 Å². The molecule has 136 valence electrons.